The molecule has 0 saturated carbocycles. The molecule has 1 aromatic carbocycles. The van der Waals surface area contributed by atoms with Crippen molar-refractivity contribution in [2.45, 2.75) is 0 Å². The molecule has 0 aliphatic rings. The van der Waals surface area contributed by atoms with Crippen LogP contribution in [0.2, 0.25) is 0 Å². The number of primary amides is 1. The average molecular weight is 159 g/mol. The Morgan fingerprint density at radius 3 is 3.08 bits per heavy atom. The zero-order valence-electron chi connectivity index (χ0n) is 6.32. The van der Waals surface area contributed by atoms with Crippen LogP contribution in [0.3, 0.4) is 0 Å². The summed E-state index contributed by atoms with van der Waals surface area (Å²) in [6, 6.07) is 9.68. The first kappa shape index (κ1) is 6.91. The molecule has 1 heterocycles. The standard InChI is InChI=1S/C9H7N2O/c10-9(12)11-6-5-7-3-1-2-4-8(7)11/h1,3-6H,(H2,10,12). The van der Waals surface area contributed by atoms with Crippen molar-refractivity contribution >= 4 is 16.9 Å². The number of nitrogens with two attached hydrogens (primary N) is 1. The third kappa shape index (κ3) is 0.871. The second kappa shape index (κ2) is 2.37. The van der Waals surface area contributed by atoms with Crippen LogP contribution in [0.25, 0.3) is 10.9 Å². The first-order valence-electron chi connectivity index (χ1n) is 3.56. The van der Waals surface area contributed by atoms with Gasteiger partial charge in [-0.2, -0.15) is 0 Å². The minimum Gasteiger partial charge on any atom is -0.351 e. The van der Waals surface area contributed by atoms with Gasteiger partial charge in [-0.3, -0.25) is 4.57 Å². The van der Waals surface area contributed by atoms with Crippen LogP contribution >= 0.6 is 0 Å². The highest BCUT2D eigenvalue weighted by atomic mass is 16.2. The molecule has 3 nitrogen and oxygen atoms in total. The summed E-state index contributed by atoms with van der Waals surface area (Å²) in [5, 5.41) is 0.993. The number of amides is 1. The van der Waals surface area contributed by atoms with Crippen LogP contribution in [0.15, 0.2) is 30.5 Å². The SMILES string of the molecule is NC(=O)n1ccc2cc[c]cc21. The number of carbonyl (C=O) groups is 1. The lowest BCUT2D eigenvalue weighted by Crippen LogP contribution is -2.17. The molecule has 2 N–H and O–H groups in total. The molecular formula is C9H7N2O. The van der Waals surface area contributed by atoms with Gasteiger partial charge in [-0.1, -0.05) is 12.1 Å². The van der Waals surface area contributed by atoms with E-state index < -0.39 is 6.03 Å². The lowest BCUT2D eigenvalue weighted by atomic mass is 10.2. The maximum absolute atomic E-state index is 10.8. The predicted molar refractivity (Wildman–Crippen MR) is 45.8 cm³/mol. The van der Waals surface area contributed by atoms with Crippen LogP contribution in [-0.4, -0.2) is 10.6 Å². The number of nitrogens with zero attached hydrogens (tertiary/aromatic N) is 1. The van der Waals surface area contributed by atoms with Gasteiger partial charge in [-0.15, -0.1) is 0 Å². The fourth-order valence-electron chi connectivity index (χ4n) is 1.21. The molecule has 12 heavy (non-hydrogen) atoms. The van der Waals surface area contributed by atoms with Crippen molar-refractivity contribution in [1.82, 2.24) is 4.57 Å². The lowest BCUT2D eigenvalue weighted by molar-refractivity contribution is 0.251. The molecule has 0 unspecified atom stereocenters. The molecule has 0 fully saturated rings. The monoisotopic (exact) mass is 159 g/mol. The van der Waals surface area contributed by atoms with E-state index in [4.69, 9.17) is 5.73 Å². The smallest absolute Gasteiger partial charge is 0.323 e. The van der Waals surface area contributed by atoms with Gasteiger partial charge < -0.3 is 5.73 Å². The summed E-state index contributed by atoms with van der Waals surface area (Å²) in [7, 11) is 0. The Kier molecular flexibility index (Phi) is 1.37. The number of carbonyl (C=O) groups excluding carboxylic acids is 1. The van der Waals surface area contributed by atoms with E-state index in [1.165, 1.54) is 4.57 Å². The summed E-state index contributed by atoms with van der Waals surface area (Å²) in [5.74, 6) is 0. The Morgan fingerprint density at radius 2 is 2.33 bits per heavy atom. The number of rotatable bonds is 0. The van der Waals surface area contributed by atoms with Crippen LogP contribution in [-0.2, 0) is 0 Å². The zero-order valence-corrected chi connectivity index (χ0v) is 6.32. The maximum atomic E-state index is 10.8. The summed E-state index contributed by atoms with van der Waals surface area (Å²) in [5.41, 5.74) is 5.93. The van der Waals surface area contributed by atoms with Crippen molar-refractivity contribution in [2.24, 2.45) is 5.73 Å². The highest BCUT2D eigenvalue weighted by Gasteiger charge is 2.02. The molecule has 1 radical (unpaired) electrons. The fourth-order valence-corrected chi connectivity index (χ4v) is 1.21. The summed E-state index contributed by atoms with van der Waals surface area (Å²) < 4.78 is 1.39. The van der Waals surface area contributed by atoms with Gasteiger partial charge in [0.1, 0.15) is 0 Å². The van der Waals surface area contributed by atoms with Crippen molar-refractivity contribution in [3.05, 3.63) is 36.5 Å². The van der Waals surface area contributed by atoms with E-state index in [9.17, 15) is 4.79 Å². The highest BCUT2D eigenvalue weighted by molar-refractivity contribution is 5.90. The topological polar surface area (TPSA) is 48.0 Å². The summed E-state index contributed by atoms with van der Waals surface area (Å²) in [6.45, 7) is 0. The minimum atomic E-state index is -0.468. The number of hydrogen-bond donors (Lipinski definition) is 1. The van der Waals surface area contributed by atoms with Crippen LogP contribution in [0.4, 0.5) is 4.79 Å². The van der Waals surface area contributed by atoms with Crippen molar-refractivity contribution in [1.29, 1.82) is 0 Å². The third-order valence-corrected chi connectivity index (χ3v) is 1.78. The van der Waals surface area contributed by atoms with Crippen LogP contribution in [0.1, 0.15) is 0 Å². The third-order valence-electron chi connectivity index (χ3n) is 1.78. The molecule has 2 aromatic rings. The second-order valence-electron chi connectivity index (χ2n) is 2.51. The van der Waals surface area contributed by atoms with Crippen molar-refractivity contribution < 1.29 is 4.79 Å². The highest BCUT2D eigenvalue weighted by Crippen LogP contribution is 2.13. The Bertz CT molecular complexity index is 431. The Morgan fingerprint density at radius 1 is 1.50 bits per heavy atom. The molecule has 0 aliphatic carbocycles. The van der Waals surface area contributed by atoms with Crippen molar-refractivity contribution in [3.8, 4) is 0 Å². The molecule has 0 bridgehead atoms. The molecular weight excluding hydrogens is 152 g/mol. The normalized spacial score (nSPS) is 10.3. The van der Waals surface area contributed by atoms with E-state index in [1.54, 1.807) is 18.3 Å². The summed E-state index contributed by atoms with van der Waals surface area (Å²) in [6.07, 6.45) is 1.65. The Hall–Kier alpha value is -1.77. The van der Waals surface area contributed by atoms with E-state index in [-0.39, 0.29) is 0 Å². The molecule has 3 heteroatoms. The average Bonchev–Trinajstić information content (AvgIpc) is 2.47. The zero-order chi connectivity index (χ0) is 8.55. The molecule has 0 spiro atoms. The van der Waals surface area contributed by atoms with E-state index in [2.05, 4.69) is 6.07 Å². The maximum Gasteiger partial charge on any atom is 0.323 e. The first-order valence-corrected chi connectivity index (χ1v) is 3.56. The second-order valence-corrected chi connectivity index (χ2v) is 2.51. The number of hydrogen-bond acceptors (Lipinski definition) is 1. The van der Waals surface area contributed by atoms with Gasteiger partial charge in [0.25, 0.3) is 0 Å². The molecule has 2 rings (SSSR count). The largest absolute Gasteiger partial charge is 0.351 e. The first-order chi connectivity index (χ1) is 5.79. The van der Waals surface area contributed by atoms with Gasteiger partial charge in [0.15, 0.2) is 0 Å². The lowest BCUT2D eigenvalue weighted by Gasteiger charge is -1.96. The van der Waals surface area contributed by atoms with Gasteiger partial charge >= 0.3 is 6.03 Å². The van der Waals surface area contributed by atoms with Gasteiger partial charge in [-0.05, 0) is 18.2 Å². The molecule has 0 atom stereocenters. The summed E-state index contributed by atoms with van der Waals surface area (Å²) in [4.78, 5) is 10.8. The van der Waals surface area contributed by atoms with Gasteiger partial charge in [0.05, 0.1) is 5.52 Å². The van der Waals surface area contributed by atoms with Crippen LogP contribution in [0, 0.1) is 6.07 Å². The minimum absolute atomic E-state index is 0.468. The van der Waals surface area contributed by atoms with E-state index in [1.807, 2.05) is 12.1 Å². The quantitative estimate of drug-likeness (QED) is 0.620. The van der Waals surface area contributed by atoms with Gasteiger partial charge in [0.2, 0.25) is 0 Å². The molecule has 59 valence electrons. The van der Waals surface area contributed by atoms with Crippen molar-refractivity contribution in [2.75, 3.05) is 0 Å². The molecule has 0 aliphatic heterocycles. The number of aromatic nitrogens is 1. The van der Waals surface area contributed by atoms with Gasteiger partial charge in [-0.25, -0.2) is 4.79 Å². The van der Waals surface area contributed by atoms with E-state index in [0.717, 1.165) is 10.9 Å². The van der Waals surface area contributed by atoms with Gasteiger partial charge in [0, 0.05) is 11.6 Å². The molecule has 1 aromatic heterocycles. The molecule has 1 amide bonds. The van der Waals surface area contributed by atoms with Crippen molar-refractivity contribution in [3.63, 3.8) is 0 Å². The van der Waals surface area contributed by atoms with E-state index >= 15 is 0 Å². The Balaban J connectivity index is 2.79. The van der Waals surface area contributed by atoms with Crippen LogP contribution < -0.4 is 5.73 Å². The number of fused-ring (bicyclic) bond motifs is 1. The fraction of sp³-hybridized carbons (Fsp3) is 0. The summed E-state index contributed by atoms with van der Waals surface area (Å²) >= 11 is 0. The molecule has 0 saturated heterocycles. The number of benzene rings is 1. The van der Waals surface area contributed by atoms with Crippen LogP contribution in [0.5, 0.6) is 0 Å². The van der Waals surface area contributed by atoms with E-state index in [0.29, 0.717) is 0 Å². The predicted octanol–water partition coefficient (Wildman–Crippen LogP) is 1.37. The Labute approximate surface area is 69.4 Å².